The lowest BCUT2D eigenvalue weighted by molar-refractivity contribution is 1.08. The number of hydrogen-bond donors (Lipinski definition) is 0. The molecule has 9 aromatic rings. The molecular formula is C36H24N6. The van der Waals surface area contributed by atoms with Crippen LogP contribution in [-0.2, 0) is 0 Å². The predicted molar refractivity (Wildman–Crippen MR) is 170 cm³/mol. The summed E-state index contributed by atoms with van der Waals surface area (Å²) < 4.78 is 6.68. The molecule has 0 saturated heterocycles. The van der Waals surface area contributed by atoms with E-state index < -0.39 is 0 Å². The van der Waals surface area contributed by atoms with Gasteiger partial charge in [-0.3, -0.25) is 18.5 Å². The lowest BCUT2D eigenvalue weighted by Crippen LogP contribution is -1.99. The van der Waals surface area contributed by atoms with Crippen molar-refractivity contribution in [1.29, 1.82) is 0 Å². The maximum atomic E-state index is 5.20. The van der Waals surface area contributed by atoms with Crippen LogP contribution in [0.5, 0.6) is 0 Å². The standard InChI is InChI=1S/C36H24N6/c1-23-20-33-34(22-37-23)40(36-39-29-14-4-7-18-32(29)42(33)36)25-11-8-10-24(21-25)28-15-9-19-35(38-28)41-30-16-5-2-12-26(30)27-13-3-6-17-31(27)41/h2-22H,1H3. The lowest BCUT2D eigenvalue weighted by Gasteiger charge is -2.11. The van der Waals surface area contributed by atoms with Gasteiger partial charge in [0.1, 0.15) is 5.82 Å². The number of aryl methyl sites for hydroxylation is 1. The lowest BCUT2D eigenvalue weighted by atomic mass is 10.1. The number of hydrogen-bond acceptors (Lipinski definition) is 3. The van der Waals surface area contributed by atoms with Crippen molar-refractivity contribution < 1.29 is 0 Å². The number of imidazole rings is 2. The molecule has 0 amide bonds. The van der Waals surface area contributed by atoms with Crippen LogP contribution in [0.2, 0.25) is 0 Å². The number of pyridine rings is 2. The molecule has 5 heterocycles. The minimum atomic E-state index is 0.864. The van der Waals surface area contributed by atoms with Crippen molar-refractivity contribution in [1.82, 2.24) is 28.5 Å². The second kappa shape index (κ2) is 8.62. The van der Waals surface area contributed by atoms with Crippen LogP contribution in [0.3, 0.4) is 0 Å². The van der Waals surface area contributed by atoms with Crippen molar-refractivity contribution in [3.63, 3.8) is 0 Å². The van der Waals surface area contributed by atoms with Gasteiger partial charge in [-0.15, -0.1) is 0 Å². The molecule has 0 unspecified atom stereocenters. The van der Waals surface area contributed by atoms with Crippen molar-refractivity contribution in [3.8, 4) is 22.8 Å². The molecule has 5 aromatic heterocycles. The SMILES string of the molecule is Cc1cc2c(cn1)n(-c1cccc(-c3cccc(-n4c5ccccc5c5ccccc54)n3)c1)c1nc3ccccc3n21. The summed E-state index contributed by atoms with van der Waals surface area (Å²) in [4.78, 5) is 14.9. The maximum absolute atomic E-state index is 5.20. The first-order chi connectivity index (χ1) is 20.7. The average molecular weight is 541 g/mol. The van der Waals surface area contributed by atoms with E-state index in [9.17, 15) is 0 Å². The molecular weight excluding hydrogens is 516 g/mol. The van der Waals surface area contributed by atoms with Crippen molar-refractivity contribution in [3.05, 3.63) is 133 Å². The fourth-order valence-electron chi connectivity index (χ4n) is 6.33. The molecule has 198 valence electrons. The Hall–Kier alpha value is -5.75. The molecule has 6 nitrogen and oxygen atoms in total. The van der Waals surface area contributed by atoms with Crippen molar-refractivity contribution in [2.24, 2.45) is 0 Å². The predicted octanol–water partition coefficient (Wildman–Crippen LogP) is 8.29. The zero-order valence-corrected chi connectivity index (χ0v) is 22.8. The van der Waals surface area contributed by atoms with Gasteiger partial charge in [0.15, 0.2) is 0 Å². The van der Waals surface area contributed by atoms with Crippen LogP contribution in [0.25, 0.3) is 72.4 Å². The molecule has 0 aliphatic carbocycles. The Morgan fingerprint density at radius 2 is 1.26 bits per heavy atom. The van der Waals surface area contributed by atoms with Gasteiger partial charge >= 0.3 is 0 Å². The highest BCUT2D eigenvalue weighted by Crippen LogP contribution is 2.33. The van der Waals surface area contributed by atoms with Crippen molar-refractivity contribution in [2.75, 3.05) is 0 Å². The van der Waals surface area contributed by atoms with E-state index >= 15 is 0 Å². The Morgan fingerprint density at radius 3 is 2.07 bits per heavy atom. The van der Waals surface area contributed by atoms with Crippen molar-refractivity contribution >= 4 is 49.7 Å². The maximum Gasteiger partial charge on any atom is 0.220 e. The largest absolute Gasteiger partial charge is 0.294 e. The van der Waals surface area contributed by atoms with E-state index in [1.165, 1.54) is 10.8 Å². The van der Waals surface area contributed by atoms with Crippen LogP contribution in [-0.4, -0.2) is 28.5 Å². The summed E-state index contributed by atoms with van der Waals surface area (Å²) in [6.07, 6.45) is 1.95. The highest BCUT2D eigenvalue weighted by atomic mass is 15.2. The van der Waals surface area contributed by atoms with Gasteiger partial charge in [-0.1, -0.05) is 66.7 Å². The van der Waals surface area contributed by atoms with E-state index in [2.05, 4.69) is 134 Å². The third kappa shape index (κ3) is 3.23. The monoisotopic (exact) mass is 540 g/mol. The second-order valence-electron chi connectivity index (χ2n) is 10.7. The minimum absolute atomic E-state index is 0.864. The molecule has 0 saturated carbocycles. The molecule has 4 aromatic carbocycles. The molecule has 0 aliphatic heterocycles. The van der Waals surface area contributed by atoms with Gasteiger partial charge in [0.05, 0.1) is 45.0 Å². The van der Waals surface area contributed by atoms with Crippen LogP contribution < -0.4 is 0 Å². The van der Waals surface area contributed by atoms with E-state index in [0.717, 1.165) is 67.3 Å². The molecule has 0 aliphatic rings. The van der Waals surface area contributed by atoms with Gasteiger partial charge in [-0.2, -0.15) is 0 Å². The normalized spacial score (nSPS) is 11.9. The molecule has 0 bridgehead atoms. The number of rotatable bonds is 3. The fraction of sp³-hybridized carbons (Fsp3) is 0.0278. The third-order valence-electron chi connectivity index (χ3n) is 8.17. The van der Waals surface area contributed by atoms with E-state index in [1.54, 1.807) is 0 Å². The molecule has 42 heavy (non-hydrogen) atoms. The van der Waals surface area contributed by atoms with Gasteiger partial charge in [-0.05, 0) is 61.5 Å². The van der Waals surface area contributed by atoms with Gasteiger partial charge in [-0.25, -0.2) is 9.97 Å². The van der Waals surface area contributed by atoms with Crippen LogP contribution in [0.4, 0.5) is 0 Å². The molecule has 0 fully saturated rings. The molecule has 0 N–H and O–H groups in total. The topological polar surface area (TPSA) is 52.9 Å². The van der Waals surface area contributed by atoms with Crippen molar-refractivity contribution in [2.45, 2.75) is 6.92 Å². The summed E-state index contributed by atoms with van der Waals surface area (Å²) in [6, 6.07) is 42.2. The quantitative estimate of drug-likeness (QED) is 0.227. The van der Waals surface area contributed by atoms with Crippen LogP contribution in [0.1, 0.15) is 5.69 Å². The zero-order chi connectivity index (χ0) is 27.8. The van der Waals surface area contributed by atoms with Gasteiger partial charge < -0.3 is 0 Å². The summed E-state index contributed by atoms with van der Waals surface area (Å²) >= 11 is 0. The Kier molecular flexibility index (Phi) is 4.72. The number of aromatic nitrogens is 6. The first kappa shape index (κ1) is 23.0. The Labute approximate surface area is 240 Å². The van der Waals surface area contributed by atoms with Gasteiger partial charge in [0.25, 0.3) is 0 Å². The Balaban J connectivity index is 1.25. The number of fused-ring (bicyclic) bond motifs is 8. The second-order valence-corrected chi connectivity index (χ2v) is 10.7. The van der Waals surface area contributed by atoms with Crippen LogP contribution >= 0.6 is 0 Å². The fourth-order valence-corrected chi connectivity index (χ4v) is 6.33. The smallest absolute Gasteiger partial charge is 0.220 e. The number of benzene rings is 4. The van der Waals surface area contributed by atoms with E-state index in [1.807, 2.05) is 19.2 Å². The number of nitrogens with zero attached hydrogens (tertiary/aromatic N) is 6. The molecule has 6 heteroatoms. The van der Waals surface area contributed by atoms with Gasteiger partial charge in [0, 0.05) is 27.7 Å². The summed E-state index contributed by atoms with van der Waals surface area (Å²) in [5.41, 5.74) is 10.4. The van der Waals surface area contributed by atoms with E-state index in [4.69, 9.17) is 9.97 Å². The van der Waals surface area contributed by atoms with Crippen LogP contribution in [0.15, 0.2) is 128 Å². The summed E-state index contributed by atoms with van der Waals surface area (Å²) in [5, 5.41) is 2.45. The zero-order valence-electron chi connectivity index (χ0n) is 22.8. The Bertz CT molecular complexity index is 2440. The van der Waals surface area contributed by atoms with E-state index in [-0.39, 0.29) is 0 Å². The van der Waals surface area contributed by atoms with E-state index in [0.29, 0.717) is 0 Å². The first-order valence-corrected chi connectivity index (χ1v) is 14.1. The number of para-hydroxylation sites is 4. The first-order valence-electron chi connectivity index (χ1n) is 14.1. The Morgan fingerprint density at radius 1 is 0.548 bits per heavy atom. The molecule has 0 atom stereocenters. The van der Waals surface area contributed by atoms with Crippen LogP contribution in [0, 0.1) is 6.92 Å². The molecule has 0 spiro atoms. The highest BCUT2D eigenvalue weighted by molar-refractivity contribution is 6.09. The average Bonchev–Trinajstić information content (AvgIpc) is 3.68. The summed E-state index contributed by atoms with van der Waals surface area (Å²) in [5.74, 6) is 1.76. The third-order valence-corrected chi connectivity index (χ3v) is 8.17. The van der Waals surface area contributed by atoms with Gasteiger partial charge in [0.2, 0.25) is 5.78 Å². The molecule has 0 radical (unpaired) electrons. The molecule has 9 rings (SSSR count). The summed E-state index contributed by atoms with van der Waals surface area (Å²) in [6.45, 7) is 2.03. The highest BCUT2D eigenvalue weighted by Gasteiger charge is 2.18. The minimum Gasteiger partial charge on any atom is -0.294 e. The summed E-state index contributed by atoms with van der Waals surface area (Å²) in [7, 11) is 0.